The Balaban J connectivity index is 1.31. The number of carboxylic acids is 1. The predicted molar refractivity (Wildman–Crippen MR) is 164 cm³/mol. The van der Waals surface area contributed by atoms with Crippen LogP contribution in [0.15, 0.2) is 84.9 Å². The zero-order valence-corrected chi connectivity index (χ0v) is 23.7. The number of benzene rings is 4. The van der Waals surface area contributed by atoms with Crippen molar-refractivity contribution >= 4 is 23.3 Å². The van der Waals surface area contributed by atoms with Crippen LogP contribution >= 0.6 is 11.6 Å². The monoisotopic (exact) mass is 565 g/mol. The van der Waals surface area contributed by atoms with Crippen LogP contribution in [0.3, 0.4) is 0 Å². The Labute approximate surface area is 246 Å². The summed E-state index contributed by atoms with van der Waals surface area (Å²) in [5.74, 6) is 6.90. The highest BCUT2D eigenvalue weighted by Crippen LogP contribution is 2.30. The second-order valence-electron chi connectivity index (χ2n) is 10.1. The molecule has 2 N–H and O–H groups in total. The molecule has 1 aliphatic carbocycles. The Bertz CT molecular complexity index is 1560. The van der Waals surface area contributed by atoms with Crippen LogP contribution in [0.2, 0.25) is 5.02 Å². The number of hydrogen-bond acceptors (Lipinski definition) is 4. The van der Waals surface area contributed by atoms with Crippen molar-refractivity contribution in [2.75, 3.05) is 12.4 Å². The van der Waals surface area contributed by atoms with Gasteiger partial charge < -0.3 is 19.9 Å². The molecule has 5 rings (SSSR count). The third-order valence-corrected chi connectivity index (χ3v) is 7.54. The van der Waals surface area contributed by atoms with Gasteiger partial charge in [-0.05, 0) is 90.7 Å². The van der Waals surface area contributed by atoms with Crippen LogP contribution in [0.1, 0.15) is 59.2 Å². The second-order valence-corrected chi connectivity index (χ2v) is 10.6. The van der Waals surface area contributed by atoms with Gasteiger partial charge in [0, 0.05) is 27.8 Å². The minimum Gasteiger partial charge on any atom is -0.497 e. The third kappa shape index (κ3) is 7.42. The second kappa shape index (κ2) is 13.3. The summed E-state index contributed by atoms with van der Waals surface area (Å²) in [7, 11) is 1.65. The summed E-state index contributed by atoms with van der Waals surface area (Å²) in [5.41, 5.74) is 5.68. The van der Waals surface area contributed by atoms with Crippen molar-refractivity contribution in [2.45, 2.75) is 44.8 Å². The van der Waals surface area contributed by atoms with E-state index in [-0.39, 0.29) is 5.56 Å². The quantitative estimate of drug-likeness (QED) is 0.210. The van der Waals surface area contributed by atoms with Gasteiger partial charge >= 0.3 is 5.97 Å². The highest BCUT2D eigenvalue weighted by molar-refractivity contribution is 6.30. The van der Waals surface area contributed by atoms with E-state index in [9.17, 15) is 9.90 Å². The molecule has 0 amide bonds. The average molecular weight is 566 g/mol. The number of halogens is 1. The van der Waals surface area contributed by atoms with E-state index < -0.39 is 5.97 Å². The molecule has 0 atom stereocenters. The van der Waals surface area contributed by atoms with Gasteiger partial charge in [-0.3, -0.25) is 0 Å². The number of methoxy groups -OCH3 is 1. The van der Waals surface area contributed by atoms with Crippen molar-refractivity contribution in [3.8, 4) is 34.5 Å². The SMILES string of the molecule is COc1ccc(-c2ccc(Cl)cc2)c(COc2ccc(C#Cc3cc(C(=O)O)ccc3NC3CCCCC3)cc2)c1. The molecule has 1 saturated carbocycles. The lowest BCUT2D eigenvalue weighted by Crippen LogP contribution is -2.22. The molecule has 4 aromatic carbocycles. The summed E-state index contributed by atoms with van der Waals surface area (Å²) in [6.45, 7) is 0.359. The van der Waals surface area contributed by atoms with Crippen molar-refractivity contribution in [1.82, 2.24) is 0 Å². The number of hydrogen-bond donors (Lipinski definition) is 2. The number of carbonyl (C=O) groups is 1. The van der Waals surface area contributed by atoms with Gasteiger partial charge in [0.15, 0.2) is 0 Å². The minimum absolute atomic E-state index is 0.225. The number of aromatic carboxylic acids is 1. The molecule has 0 unspecified atom stereocenters. The topological polar surface area (TPSA) is 67.8 Å². The van der Waals surface area contributed by atoms with Crippen molar-refractivity contribution in [3.63, 3.8) is 0 Å². The normalized spacial score (nSPS) is 13.1. The minimum atomic E-state index is -0.964. The lowest BCUT2D eigenvalue weighted by molar-refractivity contribution is 0.0697. The number of nitrogens with one attached hydrogen (secondary N) is 1. The van der Waals surface area contributed by atoms with E-state index in [0.717, 1.165) is 46.5 Å². The van der Waals surface area contributed by atoms with Crippen LogP contribution in [-0.4, -0.2) is 24.2 Å². The summed E-state index contributed by atoms with van der Waals surface area (Å²) in [6.07, 6.45) is 5.92. The van der Waals surface area contributed by atoms with Crippen molar-refractivity contribution < 1.29 is 19.4 Å². The maximum Gasteiger partial charge on any atom is 0.335 e. The first-order chi connectivity index (χ1) is 20.0. The van der Waals surface area contributed by atoms with E-state index in [0.29, 0.717) is 29.0 Å². The van der Waals surface area contributed by atoms with Gasteiger partial charge in [-0.25, -0.2) is 4.79 Å². The highest BCUT2D eigenvalue weighted by Gasteiger charge is 2.15. The fourth-order valence-electron chi connectivity index (χ4n) is 5.04. The molecule has 0 aromatic heterocycles. The number of ether oxygens (including phenoxy) is 2. The number of rotatable bonds is 8. The van der Waals surface area contributed by atoms with Crippen molar-refractivity contribution in [1.29, 1.82) is 0 Å². The Morgan fingerprint density at radius 1 is 0.902 bits per heavy atom. The van der Waals surface area contributed by atoms with Gasteiger partial charge in [0.25, 0.3) is 0 Å². The standard InChI is InChI=1S/C35H32ClNO4/c1-40-32-18-19-33(25-11-14-29(36)15-12-25)28(22-32)23-41-31-16-8-24(9-17-31)7-10-26-21-27(35(38)39)13-20-34(26)37-30-5-3-2-4-6-30/h8-9,11-22,30,37H,2-6,23H2,1H3,(H,38,39). The molecule has 0 heterocycles. The molecule has 6 heteroatoms. The van der Waals surface area contributed by atoms with Crippen molar-refractivity contribution in [2.24, 2.45) is 0 Å². The summed E-state index contributed by atoms with van der Waals surface area (Å²) in [5, 5.41) is 13.8. The van der Waals surface area contributed by atoms with Gasteiger partial charge in [-0.15, -0.1) is 0 Å². The Kier molecular flexibility index (Phi) is 9.13. The smallest absolute Gasteiger partial charge is 0.335 e. The van der Waals surface area contributed by atoms with Crippen LogP contribution in [0.25, 0.3) is 11.1 Å². The van der Waals surface area contributed by atoms with Crippen LogP contribution in [0.5, 0.6) is 11.5 Å². The summed E-state index contributed by atoms with van der Waals surface area (Å²) < 4.78 is 11.6. The largest absolute Gasteiger partial charge is 0.497 e. The molecule has 0 saturated heterocycles. The molecular weight excluding hydrogens is 534 g/mol. The van der Waals surface area contributed by atoms with Gasteiger partial charge in [0.05, 0.1) is 18.4 Å². The zero-order chi connectivity index (χ0) is 28.6. The van der Waals surface area contributed by atoms with E-state index in [1.807, 2.05) is 72.8 Å². The maximum absolute atomic E-state index is 11.6. The van der Waals surface area contributed by atoms with Gasteiger partial charge in [-0.2, -0.15) is 0 Å². The fourth-order valence-corrected chi connectivity index (χ4v) is 5.16. The summed E-state index contributed by atoms with van der Waals surface area (Å²) >= 11 is 6.08. The molecule has 0 aliphatic heterocycles. The molecule has 5 nitrogen and oxygen atoms in total. The first-order valence-electron chi connectivity index (χ1n) is 13.8. The Morgan fingerprint density at radius 2 is 1.63 bits per heavy atom. The molecule has 1 aliphatic rings. The van der Waals surface area contributed by atoms with E-state index >= 15 is 0 Å². The molecule has 41 heavy (non-hydrogen) atoms. The van der Waals surface area contributed by atoms with Crippen LogP contribution in [-0.2, 0) is 6.61 Å². The lowest BCUT2D eigenvalue weighted by Gasteiger charge is -2.24. The van der Waals surface area contributed by atoms with Gasteiger partial charge in [0.1, 0.15) is 18.1 Å². The molecule has 0 spiro atoms. The molecule has 0 radical (unpaired) electrons. The third-order valence-electron chi connectivity index (χ3n) is 7.29. The first-order valence-corrected chi connectivity index (χ1v) is 14.2. The lowest BCUT2D eigenvalue weighted by atomic mass is 9.95. The zero-order valence-electron chi connectivity index (χ0n) is 23.0. The van der Waals surface area contributed by atoms with Crippen molar-refractivity contribution in [3.05, 3.63) is 112 Å². The molecule has 0 bridgehead atoms. The molecule has 208 valence electrons. The average Bonchev–Trinajstić information content (AvgIpc) is 3.01. The summed E-state index contributed by atoms with van der Waals surface area (Å²) in [4.78, 5) is 11.6. The predicted octanol–water partition coefficient (Wildman–Crippen LogP) is 8.44. The van der Waals surface area contributed by atoms with Crippen LogP contribution in [0, 0.1) is 11.8 Å². The Hall–Kier alpha value is -4.40. The molecule has 4 aromatic rings. The van der Waals surface area contributed by atoms with E-state index in [1.165, 1.54) is 19.3 Å². The molecular formula is C35H32ClNO4. The fraction of sp³-hybridized carbons (Fsp3) is 0.229. The summed E-state index contributed by atoms with van der Waals surface area (Å²) in [6, 6.07) is 26.7. The van der Waals surface area contributed by atoms with Crippen LogP contribution < -0.4 is 14.8 Å². The van der Waals surface area contributed by atoms with E-state index in [2.05, 4.69) is 17.2 Å². The number of carboxylic acid groups (broad SMARTS) is 1. The van der Waals surface area contributed by atoms with Gasteiger partial charge in [0.2, 0.25) is 0 Å². The van der Waals surface area contributed by atoms with E-state index in [1.54, 1.807) is 19.2 Å². The first kappa shape index (κ1) is 28.1. The Morgan fingerprint density at radius 3 is 2.34 bits per heavy atom. The number of anilines is 1. The maximum atomic E-state index is 11.6. The molecule has 1 fully saturated rings. The van der Waals surface area contributed by atoms with Crippen LogP contribution in [0.4, 0.5) is 5.69 Å². The highest BCUT2D eigenvalue weighted by atomic mass is 35.5. The van der Waals surface area contributed by atoms with E-state index in [4.69, 9.17) is 21.1 Å². The van der Waals surface area contributed by atoms with Gasteiger partial charge in [-0.1, -0.05) is 60.9 Å².